The smallest absolute Gasteiger partial charge is 0.317 e. The molecule has 8 nitrogen and oxygen atoms in total. The van der Waals surface area contributed by atoms with E-state index >= 15 is 0 Å². The normalized spacial score (nSPS) is 17.7. The van der Waals surface area contributed by atoms with E-state index in [4.69, 9.17) is 4.74 Å². The van der Waals surface area contributed by atoms with Gasteiger partial charge in [0.2, 0.25) is 0 Å². The van der Waals surface area contributed by atoms with Gasteiger partial charge in [-0.2, -0.15) is 4.31 Å². The fourth-order valence-electron chi connectivity index (χ4n) is 3.96. The highest BCUT2D eigenvalue weighted by atomic mass is 32.2. The summed E-state index contributed by atoms with van der Waals surface area (Å²) < 4.78 is 32.6. The van der Waals surface area contributed by atoms with Crippen LogP contribution in [0.4, 0.5) is 10.5 Å². The van der Waals surface area contributed by atoms with Crippen LogP contribution >= 0.6 is 11.3 Å². The predicted molar refractivity (Wildman–Crippen MR) is 121 cm³/mol. The monoisotopic (exact) mass is 464 g/mol. The molecule has 1 aromatic heterocycles. The zero-order valence-electron chi connectivity index (χ0n) is 17.6. The first-order valence-corrected chi connectivity index (χ1v) is 12.7. The molecule has 4 rings (SSSR count). The zero-order valence-corrected chi connectivity index (χ0v) is 19.3. The fourth-order valence-corrected chi connectivity index (χ4v) is 6.93. The molecule has 2 aliphatic rings. The lowest BCUT2D eigenvalue weighted by Gasteiger charge is -2.36. The van der Waals surface area contributed by atoms with E-state index in [1.54, 1.807) is 28.4 Å². The van der Waals surface area contributed by atoms with Gasteiger partial charge in [0.15, 0.2) is 0 Å². The summed E-state index contributed by atoms with van der Waals surface area (Å²) in [6.07, 6.45) is 1.83. The van der Waals surface area contributed by atoms with Crippen molar-refractivity contribution in [1.82, 2.24) is 14.5 Å². The Kier molecular flexibility index (Phi) is 6.68. The fraction of sp³-hybridized carbons (Fsp3) is 0.476. The number of sulfonamides is 1. The summed E-state index contributed by atoms with van der Waals surface area (Å²) in [5.41, 5.74) is 1.04. The van der Waals surface area contributed by atoms with Crippen LogP contribution in [-0.4, -0.2) is 70.0 Å². The number of rotatable bonds is 6. The molecule has 2 saturated heterocycles. The van der Waals surface area contributed by atoms with E-state index in [1.807, 2.05) is 24.3 Å². The van der Waals surface area contributed by atoms with E-state index in [2.05, 4.69) is 10.2 Å². The van der Waals surface area contributed by atoms with Gasteiger partial charge in [-0.15, -0.1) is 11.3 Å². The number of hydrogen-bond donors (Lipinski definition) is 1. The predicted octanol–water partition coefficient (Wildman–Crippen LogP) is 2.57. The summed E-state index contributed by atoms with van der Waals surface area (Å²) in [6, 6.07) is 11.2. The first kappa shape index (κ1) is 21.9. The minimum absolute atomic E-state index is 0.128. The molecule has 10 heteroatoms. The molecule has 0 radical (unpaired) electrons. The number of thiophene rings is 1. The van der Waals surface area contributed by atoms with Crippen molar-refractivity contribution in [2.45, 2.75) is 23.6 Å². The molecule has 0 unspecified atom stereocenters. The van der Waals surface area contributed by atoms with Crippen LogP contribution in [0.2, 0.25) is 0 Å². The minimum atomic E-state index is -3.40. The van der Waals surface area contributed by atoms with Crippen molar-refractivity contribution < 1.29 is 17.9 Å². The maximum absolute atomic E-state index is 12.7. The molecule has 2 amide bonds. The van der Waals surface area contributed by atoms with Gasteiger partial charge in [0, 0.05) is 44.1 Å². The lowest BCUT2D eigenvalue weighted by Crippen LogP contribution is -2.51. The van der Waals surface area contributed by atoms with Crippen molar-refractivity contribution in [2.75, 3.05) is 51.3 Å². The number of hydrogen-bond acceptors (Lipinski definition) is 6. The quantitative estimate of drug-likeness (QED) is 0.711. The van der Waals surface area contributed by atoms with Gasteiger partial charge in [0.25, 0.3) is 10.0 Å². The van der Waals surface area contributed by atoms with Crippen molar-refractivity contribution in [2.24, 2.45) is 0 Å². The van der Waals surface area contributed by atoms with E-state index in [9.17, 15) is 13.2 Å². The van der Waals surface area contributed by atoms with Gasteiger partial charge < -0.3 is 19.9 Å². The Bertz CT molecular complexity index is 1010. The van der Waals surface area contributed by atoms with Crippen LogP contribution in [0.1, 0.15) is 17.7 Å². The molecule has 0 spiro atoms. The van der Waals surface area contributed by atoms with Gasteiger partial charge in [-0.3, -0.25) is 0 Å². The number of urea groups is 1. The molecule has 0 bridgehead atoms. The number of amides is 2. The van der Waals surface area contributed by atoms with Crippen LogP contribution in [0, 0.1) is 0 Å². The molecule has 0 aliphatic carbocycles. The number of benzene rings is 1. The van der Waals surface area contributed by atoms with E-state index in [1.165, 1.54) is 11.3 Å². The third kappa shape index (κ3) is 4.81. The van der Waals surface area contributed by atoms with Crippen molar-refractivity contribution in [3.8, 4) is 5.75 Å². The van der Waals surface area contributed by atoms with E-state index < -0.39 is 10.0 Å². The number of anilines is 1. The van der Waals surface area contributed by atoms with Crippen LogP contribution in [0.5, 0.6) is 5.75 Å². The summed E-state index contributed by atoms with van der Waals surface area (Å²) in [5.74, 6) is 0.831. The molecular formula is C21H28N4O4S2. The first-order chi connectivity index (χ1) is 15.0. The number of nitrogens with one attached hydrogen (secondary N) is 1. The molecular weight excluding hydrogens is 436 g/mol. The Morgan fingerprint density at radius 1 is 1.03 bits per heavy atom. The van der Waals surface area contributed by atoms with E-state index in [0.29, 0.717) is 36.9 Å². The Labute approximate surface area is 187 Å². The van der Waals surface area contributed by atoms with Gasteiger partial charge in [-0.25, -0.2) is 13.2 Å². The van der Waals surface area contributed by atoms with Crippen LogP contribution < -0.4 is 15.0 Å². The number of ether oxygens (including phenoxy) is 1. The summed E-state index contributed by atoms with van der Waals surface area (Å²) in [4.78, 5) is 17.4. The number of nitrogens with zero attached hydrogens (tertiary/aromatic N) is 3. The second kappa shape index (κ2) is 9.46. The molecule has 0 saturated carbocycles. The Balaban J connectivity index is 1.29. The van der Waals surface area contributed by atoms with Crippen LogP contribution in [0.25, 0.3) is 0 Å². The topological polar surface area (TPSA) is 82.2 Å². The Morgan fingerprint density at radius 2 is 1.74 bits per heavy atom. The maximum atomic E-state index is 12.7. The standard InChI is InChI=1S/C21H28N4O4S2/c1-29-19-7-3-2-6-18(19)23-12-14-24(15-13-23)21(26)22-16-17-8-9-20(30-17)31(27,28)25-10-4-5-11-25/h2-3,6-9H,4-5,10-16H2,1H3,(H,22,26). The number of methoxy groups -OCH3 is 1. The average molecular weight is 465 g/mol. The highest BCUT2D eigenvalue weighted by Gasteiger charge is 2.28. The molecule has 1 aromatic carbocycles. The molecule has 2 aromatic rings. The lowest BCUT2D eigenvalue weighted by atomic mass is 10.2. The van der Waals surface area contributed by atoms with Crippen molar-refractivity contribution in [3.05, 3.63) is 41.3 Å². The minimum Gasteiger partial charge on any atom is -0.495 e. The number of para-hydroxylation sites is 2. The van der Waals surface area contributed by atoms with Crippen LogP contribution in [0.15, 0.2) is 40.6 Å². The van der Waals surface area contributed by atoms with Crippen LogP contribution in [-0.2, 0) is 16.6 Å². The van der Waals surface area contributed by atoms with Gasteiger partial charge in [0.05, 0.1) is 19.3 Å². The molecule has 168 valence electrons. The number of piperazine rings is 1. The van der Waals surface area contributed by atoms with Crippen LogP contribution in [0.3, 0.4) is 0 Å². The average Bonchev–Trinajstić information content (AvgIpc) is 3.50. The number of carbonyl (C=O) groups is 1. The lowest BCUT2D eigenvalue weighted by molar-refractivity contribution is 0.194. The van der Waals surface area contributed by atoms with E-state index in [0.717, 1.165) is 42.2 Å². The van der Waals surface area contributed by atoms with E-state index in [-0.39, 0.29) is 6.03 Å². The molecule has 1 N–H and O–H groups in total. The summed E-state index contributed by atoms with van der Waals surface area (Å²) in [5, 5.41) is 2.93. The van der Waals surface area contributed by atoms with Crippen molar-refractivity contribution >= 4 is 33.1 Å². The third-order valence-electron chi connectivity index (χ3n) is 5.70. The SMILES string of the molecule is COc1ccccc1N1CCN(C(=O)NCc2ccc(S(=O)(=O)N3CCCC3)s2)CC1. The van der Waals surface area contributed by atoms with Gasteiger partial charge >= 0.3 is 6.03 Å². The van der Waals surface area contributed by atoms with Gasteiger partial charge in [-0.1, -0.05) is 12.1 Å². The van der Waals surface area contributed by atoms with Gasteiger partial charge in [0.1, 0.15) is 9.96 Å². The Hall–Kier alpha value is -2.30. The maximum Gasteiger partial charge on any atom is 0.317 e. The summed E-state index contributed by atoms with van der Waals surface area (Å²) >= 11 is 1.23. The zero-order chi connectivity index (χ0) is 21.8. The number of carbonyl (C=O) groups excluding carboxylic acids is 1. The molecule has 2 fully saturated rings. The van der Waals surface area contributed by atoms with Gasteiger partial charge in [-0.05, 0) is 37.1 Å². The summed E-state index contributed by atoms with van der Waals surface area (Å²) in [7, 11) is -1.74. The molecule has 0 atom stereocenters. The largest absolute Gasteiger partial charge is 0.495 e. The highest BCUT2D eigenvalue weighted by molar-refractivity contribution is 7.91. The Morgan fingerprint density at radius 3 is 2.45 bits per heavy atom. The second-order valence-electron chi connectivity index (χ2n) is 7.64. The highest BCUT2D eigenvalue weighted by Crippen LogP contribution is 2.29. The summed E-state index contributed by atoms with van der Waals surface area (Å²) in [6.45, 7) is 4.19. The first-order valence-electron chi connectivity index (χ1n) is 10.5. The molecule has 3 heterocycles. The van der Waals surface area contributed by atoms with Crippen molar-refractivity contribution in [3.63, 3.8) is 0 Å². The molecule has 2 aliphatic heterocycles. The third-order valence-corrected chi connectivity index (χ3v) is 9.15. The second-order valence-corrected chi connectivity index (χ2v) is 11.0. The molecule has 31 heavy (non-hydrogen) atoms. The van der Waals surface area contributed by atoms with Crippen molar-refractivity contribution in [1.29, 1.82) is 0 Å².